The molecular formula is C16H23F3N2. The van der Waals surface area contributed by atoms with Gasteiger partial charge in [0.25, 0.3) is 0 Å². The highest BCUT2D eigenvalue weighted by atomic mass is 19.4. The summed E-state index contributed by atoms with van der Waals surface area (Å²) < 4.78 is 38.3. The molecule has 0 aromatic carbocycles. The minimum absolute atomic E-state index is 0.118. The molecule has 1 aromatic heterocycles. The minimum Gasteiger partial charge on any atom is -0.310 e. The third-order valence-electron chi connectivity index (χ3n) is 4.36. The van der Waals surface area contributed by atoms with E-state index in [2.05, 4.69) is 17.2 Å². The Morgan fingerprint density at radius 2 is 2.00 bits per heavy atom. The number of alkyl halides is 3. The monoisotopic (exact) mass is 300 g/mol. The highest BCUT2D eigenvalue weighted by Gasteiger charge is 2.42. The molecule has 0 spiro atoms. The van der Waals surface area contributed by atoms with Crippen molar-refractivity contribution in [1.82, 2.24) is 10.3 Å². The van der Waals surface area contributed by atoms with E-state index in [4.69, 9.17) is 0 Å². The molecule has 1 N–H and O–H groups in total. The van der Waals surface area contributed by atoms with Gasteiger partial charge in [-0.3, -0.25) is 4.98 Å². The number of hydrogen-bond acceptors (Lipinski definition) is 2. The van der Waals surface area contributed by atoms with Gasteiger partial charge in [-0.15, -0.1) is 0 Å². The van der Waals surface area contributed by atoms with Crippen LogP contribution in [-0.4, -0.2) is 17.7 Å². The number of nitrogens with one attached hydrogen (secondary N) is 1. The molecule has 1 saturated carbocycles. The fourth-order valence-electron chi connectivity index (χ4n) is 3.20. The van der Waals surface area contributed by atoms with Crippen LogP contribution in [0.25, 0.3) is 0 Å². The Morgan fingerprint density at radius 1 is 1.29 bits per heavy atom. The van der Waals surface area contributed by atoms with Crippen molar-refractivity contribution in [3.8, 4) is 0 Å². The smallest absolute Gasteiger partial charge is 0.310 e. The normalized spacial score (nSPS) is 24.8. The minimum atomic E-state index is -4.04. The largest absolute Gasteiger partial charge is 0.391 e. The van der Waals surface area contributed by atoms with Gasteiger partial charge >= 0.3 is 6.18 Å². The van der Waals surface area contributed by atoms with Gasteiger partial charge in [-0.2, -0.15) is 13.2 Å². The van der Waals surface area contributed by atoms with Crippen molar-refractivity contribution in [2.24, 2.45) is 11.8 Å². The quantitative estimate of drug-likeness (QED) is 0.866. The Morgan fingerprint density at radius 3 is 2.52 bits per heavy atom. The topological polar surface area (TPSA) is 24.9 Å². The van der Waals surface area contributed by atoms with Crippen molar-refractivity contribution in [2.75, 3.05) is 6.54 Å². The van der Waals surface area contributed by atoms with Crippen LogP contribution in [0.15, 0.2) is 24.5 Å². The summed E-state index contributed by atoms with van der Waals surface area (Å²) in [5.41, 5.74) is 1.08. The van der Waals surface area contributed by atoms with E-state index in [1.165, 1.54) is 0 Å². The van der Waals surface area contributed by atoms with Crippen LogP contribution in [-0.2, 0) is 0 Å². The lowest BCUT2D eigenvalue weighted by Gasteiger charge is -2.35. The zero-order valence-corrected chi connectivity index (χ0v) is 12.4. The standard InChI is InChI=1S/C16H23F3N2/c1-2-9-21-15(13-4-3-10-20-11-13)12-5-7-14(8-6-12)16(17,18)19/h3-4,10-12,14-15,21H,2,5-9H2,1H3. The van der Waals surface area contributed by atoms with E-state index >= 15 is 0 Å². The van der Waals surface area contributed by atoms with Crippen LogP contribution in [0.1, 0.15) is 50.6 Å². The predicted octanol–water partition coefficient (Wildman–Crippen LogP) is 4.49. The molecular weight excluding hydrogens is 277 g/mol. The first-order chi connectivity index (χ1) is 10.0. The number of aromatic nitrogens is 1. The zero-order valence-electron chi connectivity index (χ0n) is 12.4. The Labute approximate surface area is 124 Å². The maximum atomic E-state index is 12.8. The molecule has 1 aliphatic carbocycles. The first-order valence-corrected chi connectivity index (χ1v) is 7.72. The SMILES string of the molecule is CCCNC(c1cccnc1)C1CCC(C(F)(F)F)CC1. The molecule has 1 unspecified atom stereocenters. The van der Waals surface area contributed by atoms with E-state index < -0.39 is 12.1 Å². The average molecular weight is 300 g/mol. The second-order valence-electron chi connectivity index (χ2n) is 5.87. The zero-order chi connectivity index (χ0) is 15.3. The van der Waals surface area contributed by atoms with E-state index in [0.717, 1.165) is 18.5 Å². The van der Waals surface area contributed by atoms with Gasteiger partial charge in [0, 0.05) is 18.4 Å². The Balaban J connectivity index is 2.02. The fourth-order valence-corrected chi connectivity index (χ4v) is 3.20. The molecule has 1 atom stereocenters. The molecule has 0 bridgehead atoms. The van der Waals surface area contributed by atoms with E-state index in [9.17, 15) is 13.2 Å². The fraction of sp³-hybridized carbons (Fsp3) is 0.688. The first kappa shape index (κ1) is 16.3. The molecule has 1 aliphatic rings. The van der Waals surface area contributed by atoms with E-state index in [1.54, 1.807) is 6.20 Å². The van der Waals surface area contributed by atoms with Gasteiger partial charge in [0.1, 0.15) is 0 Å². The molecule has 5 heteroatoms. The van der Waals surface area contributed by atoms with Crippen molar-refractivity contribution in [3.63, 3.8) is 0 Å². The first-order valence-electron chi connectivity index (χ1n) is 7.72. The predicted molar refractivity (Wildman–Crippen MR) is 76.8 cm³/mol. The second kappa shape index (κ2) is 7.25. The number of hydrogen-bond donors (Lipinski definition) is 1. The van der Waals surface area contributed by atoms with Gasteiger partial charge in [-0.25, -0.2) is 0 Å². The summed E-state index contributed by atoms with van der Waals surface area (Å²) >= 11 is 0. The summed E-state index contributed by atoms with van der Waals surface area (Å²) in [5.74, 6) is -0.853. The molecule has 0 saturated heterocycles. The Hall–Kier alpha value is -1.10. The van der Waals surface area contributed by atoms with Crippen LogP contribution >= 0.6 is 0 Å². The summed E-state index contributed by atoms with van der Waals surface area (Å²) in [6, 6.07) is 4.01. The van der Waals surface area contributed by atoms with Crippen molar-refractivity contribution in [1.29, 1.82) is 0 Å². The highest BCUT2D eigenvalue weighted by Crippen LogP contribution is 2.43. The Kier molecular flexibility index (Phi) is 5.62. The van der Waals surface area contributed by atoms with Gasteiger partial charge in [0.15, 0.2) is 0 Å². The van der Waals surface area contributed by atoms with Gasteiger partial charge < -0.3 is 5.32 Å². The maximum Gasteiger partial charge on any atom is 0.391 e. The van der Waals surface area contributed by atoms with Crippen molar-refractivity contribution < 1.29 is 13.2 Å². The summed E-state index contributed by atoms with van der Waals surface area (Å²) in [6.07, 6.45) is 2.27. The van der Waals surface area contributed by atoms with Crippen molar-refractivity contribution >= 4 is 0 Å². The lowest BCUT2D eigenvalue weighted by atomic mass is 9.76. The molecule has 1 fully saturated rings. The number of halogens is 3. The summed E-state index contributed by atoms with van der Waals surface area (Å²) in [6.45, 7) is 2.96. The van der Waals surface area contributed by atoms with Crippen LogP contribution < -0.4 is 5.32 Å². The maximum absolute atomic E-state index is 12.8. The third kappa shape index (κ3) is 4.43. The number of rotatable bonds is 5. The number of nitrogens with zero attached hydrogens (tertiary/aromatic N) is 1. The van der Waals surface area contributed by atoms with Crippen molar-refractivity contribution in [2.45, 2.75) is 51.2 Å². The van der Waals surface area contributed by atoms with Gasteiger partial charge in [-0.05, 0) is 56.2 Å². The second-order valence-corrected chi connectivity index (χ2v) is 5.87. The molecule has 21 heavy (non-hydrogen) atoms. The summed E-state index contributed by atoms with van der Waals surface area (Å²) in [7, 11) is 0. The molecule has 0 aliphatic heterocycles. The van der Waals surface area contributed by atoms with Gasteiger partial charge in [-0.1, -0.05) is 13.0 Å². The van der Waals surface area contributed by atoms with E-state index in [-0.39, 0.29) is 24.8 Å². The lowest BCUT2D eigenvalue weighted by molar-refractivity contribution is -0.184. The molecule has 0 amide bonds. The van der Waals surface area contributed by atoms with Crippen LogP contribution in [0.3, 0.4) is 0 Å². The molecule has 0 radical (unpaired) electrons. The Bertz CT molecular complexity index is 411. The van der Waals surface area contributed by atoms with Crippen LogP contribution in [0.2, 0.25) is 0 Å². The van der Waals surface area contributed by atoms with Crippen molar-refractivity contribution in [3.05, 3.63) is 30.1 Å². The molecule has 2 rings (SSSR count). The average Bonchev–Trinajstić information content (AvgIpc) is 2.48. The lowest BCUT2D eigenvalue weighted by Crippen LogP contribution is -2.34. The summed E-state index contributed by atoms with van der Waals surface area (Å²) in [4.78, 5) is 4.14. The molecule has 1 heterocycles. The highest BCUT2D eigenvalue weighted by molar-refractivity contribution is 5.15. The molecule has 118 valence electrons. The van der Waals surface area contributed by atoms with E-state index in [1.807, 2.05) is 18.3 Å². The van der Waals surface area contributed by atoms with Gasteiger partial charge in [0.05, 0.1) is 5.92 Å². The summed E-state index contributed by atoms with van der Waals surface area (Å²) in [5, 5.41) is 3.49. The number of pyridine rings is 1. The molecule has 1 aromatic rings. The third-order valence-corrected chi connectivity index (χ3v) is 4.36. The van der Waals surface area contributed by atoms with Crippen LogP contribution in [0.4, 0.5) is 13.2 Å². The van der Waals surface area contributed by atoms with Crippen LogP contribution in [0.5, 0.6) is 0 Å². The van der Waals surface area contributed by atoms with Crippen LogP contribution in [0, 0.1) is 11.8 Å². The molecule has 2 nitrogen and oxygen atoms in total. The van der Waals surface area contributed by atoms with Gasteiger partial charge in [0.2, 0.25) is 0 Å². The van der Waals surface area contributed by atoms with E-state index in [0.29, 0.717) is 12.8 Å².